The number of nitrogens with one attached hydrogen (secondary N) is 4. The van der Waals surface area contributed by atoms with E-state index in [1.54, 1.807) is 54.6 Å². The fourth-order valence-electron chi connectivity index (χ4n) is 7.05. The predicted octanol–water partition coefficient (Wildman–Crippen LogP) is 5.57. The molecule has 0 saturated carbocycles. The third kappa shape index (κ3) is 9.85. The number of alkyl halides is 3. The van der Waals surface area contributed by atoms with E-state index in [4.69, 9.17) is 21.1 Å². The Hall–Kier alpha value is -4.78. The molecule has 18 heteroatoms. The van der Waals surface area contributed by atoms with Crippen molar-refractivity contribution in [1.29, 1.82) is 0 Å². The number of imidazole rings is 1. The van der Waals surface area contributed by atoms with Gasteiger partial charge >= 0.3 is 6.36 Å². The Morgan fingerprint density at radius 2 is 1.79 bits per heavy atom. The largest absolute Gasteiger partial charge is 0.573 e. The average Bonchev–Trinajstić information content (AvgIpc) is 3.86. The maximum absolute atomic E-state index is 13.8. The molecule has 0 aliphatic carbocycles. The van der Waals surface area contributed by atoms with Crippen LogP contribution in [0.2, 0.25) is 5.02 Å². The molecule has 4 aromatic rings. The van der Waals surface area contributed by atoms with Gasteiger partial charge in [0, 0.05) is 70.7 Å². The summed E-state index contributed by atoms with van der Waals surface area (Å²) >= 11 is 6.56. The van der Waals surface area contributed by atoms with Crippen LogP contribution in [0.4, 0.5) is 24.7 Å². The number of carbonyl (C=O) groups is 2. The maximum Gasteiger partial charge on any atom is 0.573 e. The molecule has 2 saturated heterocycles. The van der Waals surface area contributed by atoms with Crippen LogP contribution >= 0.6 is 11.6 Å². The molecule has 0 bridgehead atoms. The molecule has 2 aliphatic rings. The quantitative estimate of drug-likeness (QED) is 0.107. The molecule has 5 atom stereocenters. The van der Waals surface area contributed by atoms with Gasteiger partial charge in [0.05, 0.1) is 46.4 Å². The molecule has 0 radical (unpaired) electrons. The summed E-state index contributed by atoms with van der Waals surface area (Å²) in [6.45, 7) is 8.47. The Balaban J connectivity index is 1.21. The molecular formula is C39H46ClF3N8O6. The highest BCUT2D eigenvalue weighted by Crippen LogP contribution is 2.41. The van der Waals surface area contributed by atoms with Gasteiger partial charge in [-0.25, -0.2) is 9.97 Å². The number of aromatic amines is 1. The molecule has 6 rings (SSSR count). The summed E-state index contributed by atoms with van der Waals surface area (Å²) in [7, 11) is 2.90. The maximum atomic E-state index is 13.8. The summed E-state index contributed by atoms with van der Waals surface area (Å²) in [4.78, 5) is 43.0. The number of benzene rings is 2. The number of carbonyl (C=O) groups excluding carboxylic acids is 2. The first-order valence-electron chi connectivity index (χ1n) is 18.5. The summed E-state index contributed by atoms with van der Waals surface area (Å²) < 4.78 is 56.0. The monoisotopic (exact) mass is 814 g/mol. The van der Waals surface area contributed by atoms with E-state index in [1.807, 2.05) is 13.8 Å². The first kappa shape index (κ1) is 41.8. The number of aliphatic hydroxyl groups is 1. The standard InChI is InChI=1S/C39H46ClF3N8O6/c1-21(2)34(49-38(54)56-5)37(53)51-20-26(55-4)14-31(51)35-46-19-30(47-35)24-8-6-23(7-9-24)27-15-28(40)29(16-32(27)57-39(41,42)43)48-36(52)25-10-11-33(45-18-25)50-13-12-44-17-22(50)3/h6-11,15-16,18-19,21-22,26,31,34,38,44,49,54H,12-14,17,20H2,1-5H3,(H,46,47)(H,48,52)/t22-,26+,31+,34+,38?/m1/s1. The van der Waals surface area contributed by atoms with E-state index in [0.717, 1.165) is 25.7 Å². The van der Waals surface area contributed by atoms with Gasteiger partial charge in [0.2, 0.25) is 12.3 Å². The van der Waals surface area contributed by atoms with Gasteiger partial charge in [-0.15, -0.1) is 13.2 Å². The Kier molecular flexibility index (Phi) is 13.1. The van der Waals surface area contributed by atoms with Crippen LogP contribution in [0.3, 0.4) is 0 Å². The van der Waals surface area contributed by atoms with Crippen molar-refractivity contribution in [1.82, 2.24) is 30.5 Å². The van der Waals surface area contributed by atoms with Crippen molar-refractivity contribution in [3.8, 4) is 28.1 Å². The summed E-state index contributed by atoms with van der Waals surface area (Å²) in [5, 5.41) is 18.8. The molecule has 4 heterocycles. The number of ether oxygens (including phenoxy) is 3. The Labute approximate surface area is 333 Å². The number of amides is 2. The third-order valence-electron chi connectivity index (χ3n) is 10.1. The zero-order valence-electron chi connectivity index (χ0n) is 32.1. The van der Waals surface area contributed by atoms with Gasteiger partial charge in [-0.2, -0.15) is 0 Å². The minimum Gasteiger partial charge on any atom is -0.405 e. The number of nitrogens with zero attached hydrogens (tertiary/aromatic N) is 4. The number of aromatic nitrogens is 3. The Morgan fingerprint density at radius 1 is 1.05 bits per heavy atom. The smallest absolute Gasteiger partial charge is 0.405 e. The minimum absolute atomic E-state index is 0.00829. The Morgan fingerprint density at radius 3 is 2.42 bits per heavy atom. The number of anilines is 2. The van der Waals surface area contributed by atoms with E-state index >= 15 is 0 Å². The first-order chi connectivity index (χ1) is 27.1. The van der Waals surface area contributed by atoms with Crippen LogP contribution in [-0.4, -0.2) is 108 Å². The van der Waals surface area contributed by atoms with E-state index < -0.39 is 36.5 Å². The predicted molar refractivity (Wildman–Crippen MR) is 208 cm³/mol. The van der Waals surface area contributed by atoms with Gasteiger partial charge in [0.15, 0.2) is 0 Å². The lowest BCUT2D eigenvalue weighted by Gasteiger charge is -2.34. The number of pyridine rings is 1. The number of methoxy groups -OCH3 is 2. The number of aliphatic hydroxyl groups excluding tert-OH is 1. The van der Waals surface area contributed by atoms with Crippen molar-refractivity contribution in [2.45, 2.75) is 64.2 Å². The van der Waals surface area contributed by atoms with E-state index in [0.29, 0.717) is 41.4 Å². The van der Waals surface area contributed by atoms with Gasteiger partial charge < -0.3 is 44.7 Å². The molecule has 57 heavy (non-hydrogen) atoms. The van der Waals surface area contributed by atoms with Crippen molar-refractivity contribution < 1.29 is 42.1 Å². The van der Waals surface area contributed by atoms with Crippen LogP contribution < -0.4 is 25.6 Å². The van der Waals surface area contributed by atoms with Crippen LogP contribution in [0.1, 0.15) is 49.4 Å². The first-order valence-corrected chi connectivity index (χ1v) is 18.8. The number of hydrogen-bond acceptors (Lipinski definition) is 11. The second-order valence-corrected chi connectivity index (χ2v) is 14.7. The second-order valence-electron chi connectivity index (χ2n) is 14.3. The number of likely N-dealkylation sites (tertiary alicyclic amines) is 1. The van der Waals surface area contributed by atoms with Crippen molar-refractivity contribution in [3.05, 3.63) is 77.3 Å². The topological polar surface area (TPSA) is 166 Å². The molecule has 2 aliphatic heterocycles. The summed E-state index contributed by atoms with van der Waals surface area (Å²) in [5.41, 5.74) is 1.79. The fraction of sp³-hybridized carbons (Fsp3) is 0.436. The summed E-state index contributed by atoms with van der Waals surface area (Å²) in [6.07, 6.45) is -3.12. The highest BCUT2D eigenvalue weighted by molar-refractivity contribution is 6.34. The van der Waals surface area contributed by atoms with E-state index in [9.17, 15) is 27.9 Å². The number of piperazine rings is 1. The molecule has 2 aromatic carbocycles. The van der Waals surface area contributed by atoms with E-state index in [1.165, 1.54) is 19.4 Å². The molecule has 2 aromatic heterocycles. The average molecular weight is 815 g/mol. The fourth-order valence-corrected chi connectivity index (χ4v) is 7.26. The molecular weight excluding hydrogens is 769 g/mol. The SMILES string of the molecule is COC(O)N[C@H](C(=O)N1C[C@@H](OC)C[C@H]1c1ncc(-c2ccc(-c3cc(Cl)c(NC(=O)c4ccc(N5CCNC[C@H]5C)nc4)cc3OC(F)(F)F)cc2)[nH]1)C(C)C. The van der Waals surface area contributed by atoms with Gasteiger partial charge in [-0.1, -0.05) is 49.7 Å². The normalized spacial score (nSPS) is 19.8. The highest BCUT2D eigenvalue weighted by Gasteiger charge is 2.41. The van der Waals surface area contributed by atoms with Gasteiger partial charge in [0.25, 0.3) is 5.91 Å². The number of hydrogen-bond donors (Lipinski definition) is 5. The van der Waals surface area contributed by atoms with Gasteiger partial charge in [-0.3, -0.25) is 14.9 Å². The lowest BCUT2D eigenvalue weighted by atomic mass is 10.0. The number of H-pyrrole nitrogens is 1. The van der Waals surface area contributed by atoms with Crippen LogP contribution in [0.15, 0.2) is 60.9 Å². The van der Waals surface area contributed by atoms with Crippen LogP contribution in [-0.2, 0) is 14.3 Å². The lowest BCUT2D eigenvalue weighted by Crippen LogP contribution is -2.53. The Bertz CT molecular complexity index is 2020. The highest BCUT2D eigenvalue weighted by atomic mass is 35.5. The second kappa shape index (κ2) is 17.8. The van der Waals surface area contributed by atoms with Crippen LogP contribution in [0.5, 0.6) is 5.75 Å². The zero-order chi connectivity index (χ0) is 41.0. The third-order valence-corrected chi connectivity index (χ3v) is 10.4. The number of halogens is 4. The van der Waals surface area contributed by atoms with Crippen LogP contribution in [0, 0.1) is 5.92 Å². The van der Waals surface area contributed by atoms with E-state index in [2.05, 4.69) is 47.5 Å². The molecule has 5 N–H and O–H groups in total. The van der Waals surface area contributed by atoms with Crippen molar-refractivity contribution in [2.75, 3.05) is 50.6 Å². The zero-order valence-corrected chi connectivity index (χ0v) is 32.8. The van der Waals surface area contributed by atoms with Gasteiger partial charge in [-0.05, 0) is 42.2 Å². The van der Waals surface area contributed by atoms with Crippen molar-refractivity contribution in [3.63, 3.8) is 0 Å². The lowest BCUT2D eigenvalue weighted by molar-refractivity contribution is -0.274. The molecule has 306 valence electrons. The van der Waals surface area contributed by atoms with Crippen molar-refractivity contribution >= 4 is 34.9 Å². The van der Waals surface area contributed by atoms with Crippen LogP contribution in [0.25, 0.3) is 22.4 Å². The number of rotatable bonds is 13. The summed E-state index contributed by atoms with van der Waals surface area (Å²) in [5.74, 6) is -0.365. The molecule has 2 amide bonds. The molecule has 1 unspecified atom stereocenters. The van der Waals surface area contributed by atoms with Gasteiger partial charge in [0.1, 0.15) is 17.4 Å². The molecule has 14 nitrogen and oxygen atoms in total. The van der Waals surface area contributed by atoms with E-state index in [-0.39, 0.29) is 45.8 Å². The summed E-state index contributed by atoms with van der Waals surface area (Å²) in [6, 6.07) is 11.3. The molecule has 0 spiro atoms. The van der Waals surface area contributed by atoms with Crippen molar-refractivity contribution in [2.24, 2.45) is 5.92 Å². The minimum atomic E-state index is -5.04. The molecule has 2 fully saturated rings.